The molecule has 4 heteroatoms. The number of H-pyrrole nitrogens is 1. The van der Waals surface area contributed by atoms with Crippen LogP contribution in [-0.2, 0) is 6.42 Å². The molecule has 0 aliphatic rings. The first kappa shape index (κ1) is 9.58. The van der Waals surface area contributed by atoms with Gasteiger partial charge in [0.25, 0.3) is 0 Å². The molecule has 0 amide bonds. The first-order valence-corrected chi connectivity index (χ1v) is 4.71. The zero-order valence-electron chi connectivity index (χ0n) is 8.53. The normalized spacial score (nSPS) is 10.2. The number of nitrogens with one attached hydrogen (secondary N) is 1. The summed E-state index contributed by atoms with van der Waals surface area (Å²) < 4.78 is 5.26. The number of nitrogens with two attached hydrogens (primary N) is 1. The first-order valence-electron chi connectivity index (χ1n) is 4.71. The summed E-state index contributed by atoms with van der Waals surface area (Å²) in [4.78, 5) is 0. The van der Waals surface area contributed by atoms with Crippen molar-refractivity contribution in [3.8, 4) is 5.75 Å². The molecular weight excluding hydrogens is 190 g/mol. The molecule has 15 heavy (non-hydrogen) atoms. The molecule has 0 saturated heterocycles. The second-order valence-corrected chi connectivity index (χ2v) is 3.29. The summed E-state index contributed by atoms with van der Waals surface area (Å²) in [6.07, 6.45) is 2.32. The van der Waals surface area contributed by atoms with E-state index in [0.29, 0.717) is 12.1 Å². The lowest BCUT2D eigenvalue weighted by Gasteiger charge is -2.06. The van der Waals surface area contributed by atoms with Crippen LogP contribution in [0.1, 0.15) is 11.3 Å². The van der Waals surface area contributed by atoms with E-state index in [4.69, 9.17) is 10.5 Å². The van der Waals surface area contributed by atoms with Gasteiger partial charge in [-0.15, -0.1) is 0 Å². The van der Waals surface area contributed by atoms with Crippen LogP contribution in [0.4, 0.5) is 5.69 Å². The van der Waals surface area contributed by atoms with E-state index in [1.54, 1.807) is 13.3 Å². The highest BCUT2D eigenvalue weighted by atomic mass is 16.5. The Morgan fingerprint density at radius 1 is 1.40 bits per heavy atom. The summed E-state index contributed by atoms with van der Waals surface area (Å²) in [6.45, 7) is 0. The standard InChI is InChI=1S/C11H13N3O/c1-15-11-5-3-2-4-8(11)6-10-9(12)7-13-14-10/h2-5,7H,6,12H2,1H3,(H,13,14). The van der Waals surface area contributed by atoms with Crippen molar-refractivity contribution in [2.24, 2.45) is 0 Å². The van der Waals surface area contributed by atoms with E-state index in [1.807, 2.05) is 24.3 Å². The molecule has 2 rings (SSSR count). The Bertz CT molecular complexity index is 451. The average Bonchev–Trinajstić information content (AvgIpc) is 2.65. The van der Waals surface area contributed by atoms with Crippen LogP contribution in [-0.4, -0.2) is 17.3 Å². The first-order chi connectivity index (χ1) is 7.31. The van der Waals surface area contributed by atoms with Gasteiger partial charge >= 0.3 is 0 Å². The Morgan fingerprint density at radius 3 is 2.87 bits per heavy atom. The predicted octanol–water partition coefficient (Wildman–Crippen LogP) is 1.59. The van der Waals surface area contributed by atoms with Crippen molar-refractivity contribution in [3.05, 3.63) is 41.7 Å². The van der Waals surface area contributed by atoms with Gasteiger partial charge in [-0.05, 0) is 6.07 Å². The van der Waals surface area contributed by atoms with E-state index in [0.717, 1.165) is 17.0 Å². The van der Waals surface area contributed by atoms with Crippen LogP contribution in [0.3, 0.4) is 0 Å². The Labute approximate surface area is 88.1 Å². The molecule has 0 saturated carbocycles. The van der Waals surface area contributed by atoms with Gasteiger partial charge in [-0.2, -0.15) is 5.10 Å². The van der Waals surface area contributed by atoms with E-state index in [9.17, 15) is 0 Å². The highest BCUT2D eigenvalue weighted by Gasteiger charge is 2.06. The highest BCUT2D eigenvalue weighted by Crippen LogP contribution is 2.21. The van der Waals surface area contributed by atoms with Crippen LogP contribution in [0.25, 0.3) is 0 Å². The average molecular weight is 203 g/mol. The number of hydrogen-bond acceptors (Lipinski definition) is 3. The van der Waals surface area contributed by atoms with Crippen LogP contribution in [0, 0.1) is 0 Å². The molecule has 0 fully saturated rings. The number of rotatable bonds is 3. The fourth-order valence-corrected chi connectivity index (χ4v) is 1.50. The van der Waals surface area contributed by atoms with E-state index in [1.165, 1.54) is 0 Å². The van der Waals surface area contributed by atoms with Gasteiger partial charge < -0.3 is 10.5 Å². The molecule has 0 aliphatic heterocycles. The topological polar surface area (TPSA) is 63.9 Å². The number of anilines is 1. The maximum absolute atomic E-state index is 5.75. The monoisotopic (exact) mass is 203 g/mol. The molecule has 0 bridgehead atoms. The number of hydrogen-bond donors (Lipinski definition) is 2. The van der Waals surface area contributed by atoms with Crippen molar-refractivity contribution >= 4 is 5.69 Å². The summed E-state index contributed by atoms with van der Waals surface area (Å²) in [5, 5.41) is 6.76. The Kier molecular flexibility index (Phi) is 2.58. The maximum atomic E-state index is 5.75. The van der Waals surface area contributed by atoms with Crippen molar-refractivity contribution in [3.63, 3.8) is 0 Å². The fourth-order valence-electron chi connectivity index (χ4n) is 1.50. The molecule has 0 unspecified atom stereocenters. The Morgan fingerprint density at radius 2 is 2.20 bits per heavy atom. The molecule has 1 heterocycles. The summed E-state index contributed by atoms with van der Waals surface area (Å²) >= 11 is 0. The van der Waals surface area contributed by atoms with Crippen molar-refractivity contribution in [1.29, 1.82) is 0 Å². The van der Waals surface area contributed by atoms with Gasteiger partial charge in [0.2, 0.25) is 0 Å². The third-order valence-electron chi connectivity index (χ3n) is 2.31. The van der Waals surface area contributed by atoms with Gasteiger partial charge in [-0.3, -0.25) is 5.10 Å². The molecule has 2 aromatic rings. The van der Waals surface area contributed by atoms with Gasteiger partial charge in [0, 0.05) is 12.0 Å². The van der Waals surface area contributed by atoms with Crippen LogP contribution < -0.4 is 10.5 Å². The molecular formula is C11H13N3O. The molecule has 4 nitrogen and oxygen atoms in total. The Balaban J connectivity index is 2.28. The second-order valence-electron chi connectivity index (χ2n) is 3.29. The fraction of sp³-hybridized carbons (Fsp3) is 0.182. The largest absolute Gasteiger partial charge is 0.496 e. The molecule has 1 aromatic heterocycles. The summed E-state index contributed by atoms with van der Waals surface area (Å²) in [6, 6.07) is 7.87. The van der Waals surface area contributed by atoms with E-state index in [2.05, 4.69) is 10.2 Å². The molecule has 0 spiro atoms. The number of nitrogen functional groups attached to an aromatic ring is 1. The zero-order chi connectivity index (χ0) is 10.7. The lowest BCUT2D eigenvalue weighted by Crippen LogP contribution is -1.96. The highest BCUT2D eigenvalue weighted by molar-refractivity contribution is 5.45. The number of ether oxygens (including phenoxy) is 1. The zero-order valence-corrected chi connectivity index (χ0v) is 8.53. The molecule has 1 aromatic carbocycles. The van der Waals surface area contributed by atoms with Gasteiger partial charge in [0.05, 0.1) is 24.7 Å². The molecule has 0 aliphatic carbocycles. The second kappa shape index (κ2) is 4.04. The summed E-state index contributed by atoms with van der Waals surface area (Å²) in [5.41, 5.74) is 8.44. The van der Waals surface area contributed by atoms with Crippen molar-refractivity contribution in [1.82, 2.24) is 10.2 Å². The summed E-state index contributed by atoms with van der Waals surface area (Å²) in [5.74, 6) is 0.867. The molecule has 3 N–H and O–H groups in total. The van der Waals surface area contributed by atoms with Crippen LogP contribution >= 0.6 is 0 Å². The predicted molar refractivity (Wildman–Crippen MR) is 58.8 cm³/mol. The molecule has 0 radical (unpaired) electrons. The smallest absolute Gasteiger partial charge is 0.122 e. The number of aromatic amines is 1. The lowest BCUT2D eigenvalue weighted by molar-refractivity contribution is 0.410. The summed E-state index contributed by atoms with van der Waals surface area (Å²) in [7, 11) is 1.66. The lowest BCUT2D eigenvalue weighted by atomic mass is 10.1. The number of para-hydroxylation sites is 1. The molecule has 0 atom stereocenters. The van der Waals surface area contributed by atoms with Crippen molar-refractivity contribution in [2.45, 2.75) is 6.42 Å². The van der Waals surface area contributed by atoms with Crippen LogP contribution in [0.15, 0.2) is 30.5 Å². The minimum Gasteiger partial charge on any atom is -0.496 e. The minimum absolute atomic E-state index is 0.681. The van der Waals surface area contributed by atoms with Gasteiger partial charge in [0.1, 0.15) is 5.75 Å². The number of aromatic nitrogens is 2. The number of methoxy groups -OCH3 is 1. The SMILES string of the molecule is COc1ccccc1Cc1[nH]ncc1N. The van der Waals surface area contributed by atoms with Gasteiger partial charge in [-0.25, -0.2) is 0 Å². The molecule has 78 valence electrons. The van der Waals surface area contributed by atoms with Gasteiger partial charge in [0.15, 0.2) is 0 Å². The minimum atomic E-state index is 0.681. The quantitative estimate of drug-likeness (QED) is 0.796. The van der Waals surface area contributed by atoms with E-state index < -0.39 is 0 Å². The Hall–Kier alpha value is -1.97. The maximum Gasteiger partial charge on any atom is 0.122 e. The number of nitrogens with zero attached hydrogens (tertiary/aromatic N) is 1. The van der Waals surface area contributed by atoms with Crippen molar-refractivity contribution < 1.29 is 4.74 Å². The number of benzene rings is 1. The third kappa shape index (κ3) is 1.93. The third-order valence-corrected chi connectivity index (χ3v) is 2.31. The van der Waals surface area contributed by atoms with Gasteiger partial charge in [-0.1, -0.05) is 18.2 Å². The van der Waals surface area contributed by atoms with E-state index >= 15 is 0 Å². The van der Waals surface area contributed by atoms with Crippen LogP contribution in [0.5, 0.6) is 5.75 Å². The van der Waals surface area contributed by atoms with Crippen LogP contribution in [0.2, 0.25) is 0 Å². The van der Waals surface area contributed by atoms with Crippen molar-refractivity contribution in [2.75, 3.05) is 12.8 Å². The van der Waals surface area contributed by atoms with E-state index in [-0.39, 0.29) is 0 Å².